The zero-order valence-electron chi connectivity index (χ0n) is 11.7. The average Bonchev–Trinajstić information content (AvgIpc) is 2.33. The fraction of sp³-hybridized carbons (Fsp3) is 0.467. The Labute approximate surface area is 111 Å². The molecule has 0 aliphatic carbocycles. The Morgan fingerprint density at radius 1 is 1.12 bits per heavy atom. The summed E-state index contributed by atoms with van der Waals surface area (Å²) in [6.07, 6.45) is 13.1. The fourth-order valence-corrected chi connectivity index (χ4v) is 3.20. The summed E-state index contributed by atoms with van der Waals surface area (Å²) in [5, 5.41) is 1.68. The standard InChI is InChI=1S/C15H27BSi/c1-5-9-11-15(17)14(10-6-2)16(12-7-3)13-8-4/h6-8H,2-5,9-13H2,1,17H3. The predicted molar refractivity (Wildman–Crippen MR) is 87.1 cm³/mol. The largest absolute Gasteiger partial charge is 0.177 e. The summed E-state index contributed by atoms with van der Waals surface area (Å²) in [5.41, 5.74) is 1.61. The molecule has 0 aliphatic rings. The van der Waals surface area contributed by atoms with Crippen molar-refractivity contribution < 1.29 is 0 Å². The van der Waals surface area contributed by atoms with Crippen molar-refractivity contribution in [2.24, 2.45) is 0 Å². The van der Waals surface area contributed by atoms with Crippen molar-refractivity contribution in [2.45, 2.75) is 45.2 Å². The maximum Gasteiger partial charge on any atom is 0.177 e. The number of allylic oxidation sites excluding steroid dienone is 5. The first-order chi connectivity index (χ1) is 8.21. The Bertz CT molecular complexity index is 269. The van der Waals surface area contributed by atoms with Gasteiger partial charge in [0.25, 0.3) is 0 Å². The minimum absolute atomic E-state index is 0.604. The quantitative estimate of drug-likeness (QED) is 0.406. The van der Waals surface area contributed by atoms with E-state index in [2.05, 4.69) is 26.7 Å². The molecule has 0 aromatic rings. The van der Waals surface area contributed by atoms with Crippen molar-refractivity contribution in [2.75, 3.05) is 0 Å². The second-order valence-electron chi connectivity index (χ2n) is 4.65. The van der Waals surface area contributed by atoms with E-state index in [-0.39, 0.29) is 0 Å². The van der Waals surface area contributed by atoms with Gasteiger partial charge in [-0.05, 0) is 12.8 Å². The molecule has 0 saturated carbocycles. The number of rotatable bonds is 10. The van der Waals surface area contributed by atoms with Gasteiger partial charge in [-0.2, -0.15) is 0 Å². The first-order valence-corrected chi connectivity index (χ1v) is 7.72. The van der Waals surface area contributed by atoms with E-state index in [9.17, 15) is 0 Å². The summed E-state index contributed by atoms with van der Waals surface area (Å²) < 4.78 is 0. The van der Waals surface area contributed by atoms with Crippen molar-refractivity contribution in [3.8, 4) is 0 Å². The van der Waals surface area contributed by atoms with Gasteiger partial charge in [-0.15, -0.1) is 30.4 Å². The lowest BCUT2D eigenvalue weighted by Gasteiger charge is -2.17. The third-order valence-corrected chi connectivity index (χ3v) is 4.36. The summed E-state index contributed by atoms with van der Waals surface area (Å²) in [4.78, 5) is 0. The van der Waals surface area contributed by atoms with Crippen LogP contribution in [-0.2, 0) is 0 Å². The minimum Gasteiger partial charge on any atom is -0.104 e. The van der Waals surface area contributed by atoms with E-state index in [0.29, 0.717) is 6.71 Å². The molecular formula is C15H27BSi. The zero-order chi connectivity index (χ0) is 13.1. The van der Waals surface area contributed by atoms with Gasteiger partial charge in [0.1, 0.15) is 0 Å². The van der Waals surface area contributed by atoms with Crippen LogP contribution in [0.3, 0.4) is 0 Å². The SMILES string of the molecule is C=CCB(CC=C)C(CC=C)=C([SiH3])CCCC. The summed E-state index contributed by atoms with van der Waals surface area (Å²) in [5.74, 6) is 0. The number of hydrogen-bond acceptors (Lipinski definition) is 0. The van der Waals surface area contributed by atoms with Crippen LogP contribution in [-0.4, -0.2) is 17.0 Å². The van der Waals surface area contributed by atoms with Crippen molar-refractivity contribution in [3.63, 3.8) is 0 Å². The topological polar surface area (TPSA) is 0 Å². The maximum absolute atomic E-state index is 3.90. The maximum atomic E-state index is 3.90. The normalized spacial score (nSPS) is 11.8. The van der Waals surface area contributed by atoms with Crippen molar-refractivity contribution >= 4 is 17.0 Å². The molecule has 0 fully saturated rings. The van der Waals surface area contributed by atoms with Crippen LogP contribution in [0.5, 0.6) is 0 Å². The van der Waals surface area contributed by atoms with Crippen LogP contribution in [0.15, 0.2) is 48.6 Å². The highest BCUT2D eigenvalue weighted by Crippen LogP contribution is 2.21. The molecule has 0 bridgehead atoms. The molecule has 0 unspecified atom stereocenters. The van der Waals surface area contributed by atoms with Gasteiger partial charge in [0.15, 0.2) is 6.71 Å². The van der Waals surface area contributed by atoms with Gasteiger partial charge in [-0.25, -0.2) is 0 Å². The van der Waals surface area contributed by atoms with Crippen LogP contribution in [0, 0.1) is 0 Å². The van der Waals surface area contributed by atoms with Crippen molar-refractivity contribution in [1.82, 2.24) is 0 Å². The van der Waals surface area contributed by atoms with Gasteiger partial charge < -0.3 is 0 Å². The van der Waals surface area contributed by atoms with E-state index in [4.69, 9.17) is 0 Å². The Kier molecular flexibility index (Phi) is 9.94. The number of hydrogen-bond donors (Lipinski definition) is 0. The Morgan fingerprint density at radius 3 is 2.12 bits per heavy atom. The molecule has 0 nitrogen and oxygen atoms in total. The highest BCUT2D eigenvalue weighted by atomic mass is 28.1. The van der Waals surface area contributed by atoms with E-state index < -0.39 is 0 Å². The van der Waals surface area contributed by atoms with Crippen LogP contribution >= 0.6 is 0 Å². The molecule has 0 N–H and O–H groups in total. The van der Waals surface area contributed by atoms with E-state index >= 15 is 0 Å². The molecule has 0 spiro atoms. The lowest BCUT2D eigenvalue weighted by atomic mass is 9.39. The Balaban J connectivity index is 4.90. The van der Waals surface area contributed by atoms with E-state index in [0.717, 1.165) is 19.1 Å². The third-order valence-electron chi connectivity index (χ3n) is 3.21. The highest BCUT2D eigenvalue weighted by Gasteiger charge is 2.16. The molecule has 2 heteroatoms. The lowest BCUT2D eigenvalue weighted by molar-refractivity contribution is 0.803. The highest BCUT2D eigenvalue weighted by molar-refractivity contribution is 6.68. The molecule has 0 aliphatic heterocycles. The van der Waals surface area contributed by atoms with E-state index in [1.54, 1.807) is 10.7 Å². The van der Waals surface area contributed by atoms with Crippen LogP contribution < -0.4 is 0 Å². The van der Waals surface area contributed by atoms with Crippen LogP contribution in [0.1, 0.15) is 32.6 Å². The van der Waals surface area contributed by atoms with Gasteiger partial charge in [-0.1, -0.05) is 50.6 Å². The molecule has 0 amide bonds. The fourth-order valence-electron chi connectivity index (χ4n) is 2.23. The van der Waals surface area contributed by atoms with Gasteiger partial charge >= 0.3 is 0 Å². The molecule has 0 atom stereocenters. The molecule has 0 aromatic carbocycles. The molecule has 0 aromatic heterocycles. The molecule has 0 saturated heterocycles. The molecule has 0 rings (SSSR count). The zero-order valence-corrected chi connectivity index (χ0v) is 13.7. The average molecular weight is 246 g/mol. The summed E-state index contributed by atoms with van der Waals surface area (Å²) in [7, 11) is 1.18. The smallest absolute Gasteiger partial charge is 0.104 e. The summed E-state index contributed by atoms with van der Waals surface area (Å²) in [6, 6.07) is 0. The predicted octanol–water partition coefficient (Wildman–Crippen LogP) is 3.78. The monoisotopic (exact) mass is 246 g/mol. The summed E-state index contributed by atoms with van der Waals surface area (Å²) in [6.45, 7) is 14.5. The van der Waals surface area contributed by atoms with Crippen LogP contribution in [0.25, 0.3) is 0 Å². The van der Waals surface area contributed by atoms with E-state index in [1.165, 1.54) is 29.5 Å². The van der Waals surface area contributed by atoms with Crippen LogP contribution in [0.4, 0.5) is 0 Å². The molecule has 94 valence electrons. The number of unbranched alkanes of at least 4 members (excludes halogenated alkanes) is 1. The molecular weight excluding hydrogens is 219 g/mol. The molecule has 0 radical (unpaired) electrons. The van der Waals surface area contributed by atoms with Crippen molar-refractivity contribution in [1.29, 1.82) is 0 Å². The van der Waals surface area contributed by atoms with Crippen LogP contribution in [0.2, 0.25) is 12.6 Å². The Hall–Kier alpha value is -0.758. The van der Waals surface area contributed by atoms with Gasteiger partial charge in [-0.3, -0.25) is 0 Å². The van der Waals surface area contributed by atoms with Gasteiger partial charge in [0.2, 0.25) is 0 Å². The third kappa shape index (κ3) is 6.52. The van der Waals surface area contributed by atoms with Gasteiger partial charge in [0, 0.05) is 10.2 Å². The van der Waals surface area contributed by atoms with Gasteiger partial charge in [0.05, 0.1) is 0 Å². The summed E-state index contributed by atoms with van der Waals surface area (Å²) >= 11 is 0. The Morgan fingerprint density at radius 2 is 1.71 bits per heavy atom. The lowest BCUT2D eigenvalue weighted by Crippen LogP contribution is -2.17. The first-order valence-electron chi connectivity index (χ1n) is 6.72. The second-order valence-corrected chi connectivity index (χ2v) is 5.85. The molecule has 17 heavy (non-hydrogen) atoms. The van der Waals surface area contributed by atoms with E-state index in [1.807, 2.05) is 18.2 Å². The minimum atomic E-state index is 0.604. The van der Waals surface area contributed by atoms with Crippen molar-refractivity contribution in [3.05, 3.63) is 48.6 Å². The molecule has 0 heterocycles. The first kappa shape index (κ1) is 16.2. The second kappa shape index (κ2) is 10.4.